The fourth-order valence-corrected chi connectivity index (χ4v) is 3.85. The van der Waals surface area contributed by atoms with Crippen LogP contribution in [0.25, 0.3) is 0 Å². The third-order valence-electron chi connectivity index (χ3n) is 3.28. The highest BCUT2D eigenvalue weighted by molar-refractivity contribution is 7.89. The Bertz CT molecular complexity index is 600. The third-order valence-corrected chi connectivity index (χ3v) is 5.06. The number of halogens is 1. The third kappa shape index (κ3) is 3.28. The minimum Gasteiger partial charge on any atom is -0.396 e. The quantitative estimate of drug-likeness (QED) is 0.715. The molecule has 1 atom stereocenters. The maximum atomic E-state index is 13.5. The largest absolute Gasteiger partial charge is 0.396 e. The molecule has 0 saturated carbocycles. The van der Waals surface area contributed by atoms with Crippen LogP contribution >= 0.6 is 0 Å². The van der Waals surface area contributed by atoms with Crippen molar-refractivity contribution in [3.8, 4) is 0 Å². The molecule has 4 N–H and O–H groups in total. The Labute approximate surface area is 119 Å². The minimum absolute atomic E-state index is 0.0319. The summed E-state index contributed by atoms with van der Waals surface area (Å²) in [6, 6.07) is 0.491. The zero-order valence-electron chi connectivity index (χ0n) is 12.1. The second kappa shape index (κ2) is 6.07. The Hall–Kier alpha value is -1.18. The Morgan fingerprint density at radius 2 is 1.95 bits per heavy atom. The van der Waals surface area contributed by atoms with Crippen LogP contribution in [0.2, 0.25) is 0 Å². The van der Waals surface area contributed by atoms with E-state index in [2.05, 4.69) is 4.72 Å². The van der Waals surface area contributed by atoms with Gasteiger partial charge < -0.3 is 10.8 Å². The normalized spacial score (nSPS) is 13.8. The van der Waals surface area contributed by atoms with Crippen LogP contribution in [0, 0.1) is 25.6 Å². The summed E-state index contributed by atoms with van der Waals surface area (Å²) in [5, 5.41) is 9.23. The summed E-state index contributed by atoms with van der Waals surface area (Å²) in [6.07, 6.45) is 0. The first kappa shape index (κ1) is 16.9. The second-order valence-electron chi connectivity index (χ2n) is 5.20. The molecule has 114 valence electrons. The molecule has 1 aromatic rings. The van der Waals surface area contributed by atoms with Crippen molar-refractivity contribution in [1.29, 1.82) is 0 Å². The fourth-order valence-electron chi connectivity index (χ4n) is 1.99. The summed E-state index contributed by atoms with van der Waals surface area (Å²) in [5.41, 5.74) is 5.83. The number of hydrogen-bond acceptors (Lipinski definition) is 4. The van der Waals surface area contributed by atoms with Crippen molar-refractivity contribution in [2.24, 2.45) is 5.92 Å². The number of rotatable bonds is 5. The van der Waals surface area contributed by atoms with Crippen molar-refractivity contribution in [1.82, 2.24) is 4.72 Å². The van der Waals surface area contributed by atoms with Crippen LogP contribution < -0.4 is 10.5 Å². The van der Waals surface area contributed by atoms with Gasteiger partial charge in [0.05, 0.1) is 17.2 Å². The SMILES string of the molecule is Cc1cc(F)c(N)c(C)c1S(=O)(=O)NC(CO)C(C)C. The molecule has 0 aromatic heterocycles. The topological polar surface area (TPSA) is 92.4 Å². The number of aliphatic hydroxyl groups is 1. The molecule has 7 heteroatoms. The van der Waals surface area contributed by atoms with Gasteiger partial charge in [-0.3, -0.25) is 0 Å². The van der Waals surface area contributed by atoms with Gasteiger partial charge in [0.2, 0.25) is 10.0 Å². The molecule has 0 aliphatic rings. The molecule has 0 amide bonds. The van der Waals surface area contributed by atoms with Gasteiger partial charge >= 0.3 is 0 Å². The molecule has 1 unspecified atom stereocenters. The van der Waals surface area contributed by atoms with Crippen molar-refractivity contribution >= 4 is 15.7 Å². The van der Waals surface area contributed by atoms with E-state index in [1.807, 2.05) is 0 Å². The molecule has 5 nitrogen and oxygen atoms in total. The van der Waals surface area contributed by atoms with Crippen LogP contribution in [-0.2, 0) is 10.0 Å². The van der Waals surface area contributed by atoms with Crippen molar-refractivity contribution in [2.45, 2.75) is 38.6 Å². The Balaban J connectivity index is 3.33. The number of nitrogens with one attached hydrogen (secondary N) is 1. The molecule has 1 aromatic carbocycles. The highest BCUT2D eigenvalue weighted by Crippen LogP contribution is 2.27. The van der Waals surface area contributed by atoms with Gasteiger partial charge in [-0.05, 0) is 37.0 Å². The summed E-state index contributed by atoms with van der Waals surface area (Å²) in [5.74, 6) is -0.713. The van der Waals surface area contributed by atoms with E-state index in [9.17, 15) is 17.9 Å². The molecule has 0 aliphatic carbocycles. The summed E-state index contributed by atoms with van der Waals surface area (Å²) in [4.78, 5) is -0.0319. The first-order valence-electron chi connectivity index (χ1n) is 6.30. The smallest absolute Gasteiger partial charge is 0.241 e. The number of aliphatic hydroxyl groups excluding tert-OH is 1. The van der Waals surface area contributed by atoms with E-state index in [0.717, 1.165) is 6.07 Å². The van der Waals surface area contributed by atoms with Gasteiger partial charge in [0.1, 0.15) is 5.82 Å². The first-order valence-corrected chi connectivity index (χ1v) is 7.78. The molecular formula is C13H21FN2O3S. The molecule has 1 rings (SSSR count). The van der Waals surface area contributed by atoms with Gasteiger partial charge in [-0.2, -0.15) is 0 Å². The zero-order chi connectivity index (χ0) is 15.7. The monoisotopic (exact) mass is 304 g/mol. The maximum absolute atomic E-state index is 13.5. The lowest BCUT2D eigenvalue weighted by Gasteiger charge is -2.22. The Morgan fingerprint density at radius 3 is 2.40 bits per heavy atom. The van der Waals surface area contributed by atoms with E-state index in [0.29, 0.717) is 0 Å². The first-order chi connectivity index (χ1) is 9.11. The van der Waals surface area contributed by atoms with Crippen molar-refractivity contribution < 1.29 is 17.9 Å². The van der Waals surface area contributed by atoms with E-state index in [1.54, 1.807) is 13.8 Å². The van der Waals surface area contributed by atoms with Crippen LogP contribution in [-0.4, -0.2) is 26.2 Å². The number of aryl methyl sites for hydroxylation is 1. The van der Waals surface area contributed by atoms with Crippen LogP contribution in [0.5, 0.6) is 0 Å². The average molecular weight is 304 g/mol. The van der Waals surface area contributed by atoms with E-state index >= 15 is 0 Å². The lowest BCUT2D eigenvalue weighted by atomic mass is 10.1. The van der Waals surface area contributed by atoms with E-state index in [4.69, 9.17) is 5.73 Å². The molecule has 0 radical (unpaired) electrons. The molecule has 20 heavy (non-hydrogen) atoms. The summed E-state index contributed by atoms with van der Waals surface area (Å²) >= 11 is 0. The summed E-state index contributed by atoms with van der Waals surface area (Å²) in [7, 11) is -3.87. The number of nitrogen functional groups attached to an aromatic ring is 1. The molecular weight excluding hydrogens is 283 g/mol. The van der Waals surface area contributed by atoms with Gasteiger partial charge in [-0.1, -0.05) is 13.8 Å². The van der Waals surface area contributed by atoms with Crippen LogP contribution in [0.1, 0.15) is 25.0 Å². The van der Waals surface area contributed by atoms with Gasteiger partial charge in [0, 0.05) is 6.04 Å². The van der Waals surface area contributed by atoms with Crippen LogP contribution in [0.4, 0.5) is 10.1 Å². The number of sulfonamides is 1. The standard InChI is InChI=1S/C13H21FN2O3S/c1-7(2)11(6-17)16-20(18,19)13-8(3)5-10(14)12(15)9(13)4/h5,7,11,16-17H,6,15H2,1-4H3. The average Bonchev–Trinajstić information content (AvgIpc) is 2.32. The van der Waals surface area contributed by atoms with Crippen molar-refractivity contribution in [2.75, 3.05) is 12.3 Å². The minimum atomic E-state index is -3.87. The van der Waals surface area contributed by atoms with Gasteiger partial charge in [-0.25, -0.2) is 17.5 Å². The molecule has 0 aliphatic heterocycles. The number of benzene rings is 1. The lowest BCUT2D eigenvalue weighted by Crippen LogP contribution is -2.41. The zero-order valence-corrected chi connectivity index (χ0v) is 12.9. The highest BCUT2D eigenvalue weighted by Gasteiger charge is 2.26. The molecule has 0 heterocycles. The molecule has 0 fully saturated rings. The second-order valence-corrected chi connectivity index (χ2v) is 6.85. The van der Waals surface area contributed by atoms with Crippen LogP contribution in [0.15, 0.2) is 11.0 Å². The van der Waals surface area contributed by atoms with Gasteiger partial charge in [0.15, 0.2) is 0 Å². The number of nitrogens with two attached hydrogens (primary N) is 1. The van der Waals surface area contributed by atoms with Gasteiger partial charge in [-0.15, -0.1) is 0 Å². The molecule has 0 saturated heterocycles. The van der Waals surface area contributed by atoms with E-state index < -0.39 is 21.9 Å². The van der Waals surface area contributed by atoms with Crippen LogP contribution in [0.3, 0.4) is 0 Å². The Kier molecular flexibility index (Phi) is 5.12. The van der Waals surface area contributed by atoms with E-state index in [1.165, 1.54) is 13.8 Å². The molecule has 0 spiro atoms. The predicted molar refractivity (Wildman–Crippen MR) is 76.3 cm³/mol. The fraction of sp³-hybridized carbons (Fsp3) is 0.538. The number of anilines is 1. The van der Waals surface area contributed by atoms with Crippen molar-refractivity contribution in [3.05, 3.63) is 23.0 Å². The van der Waals surface area contributed by atoms with E-state index in [-0.39, 0.29) is 34.2 Å². The maximum Gasteiger partial charge on any atom is 0.241 e. The summed E-state index contributed by atoms with van der Waals surface area (Å²) < 4.78 is 40.7. The number of hydrogen-bond donors (Lipinski definition) is 3. The summed E-state index contributed by atoms with van der Waals surface area (Å²) in [6.45, 7) is 6.24. The van der Waals surface area contributed by atoms with Crippen molar-refractivity contribution in [3.63, 3.8) is 0 Å². The Morgan fingerprint density at radius 1 is 1.40 bits per heavy atom. The lowest BCUT2D eigenvalue weighted by molar-refractivity contribution is 0.227. The van der Waals surface area contributed by atoms with Gasteiger partial charge in [0.25, 0.3) is 0 Å². The predicted octanol–water partition coefficient (Wildman–Crippen LogP) is 1.32. The highest BCUT2D eigenvalue weighted by atomic mass is 32.2. The molecule has 0 bridgehead atoms.